The summed E-state index contributed by atoms with van der Waals surface area (Å²) in [5.41, 5.74) is 10.6. The van der Waals surface area contributed by atoms with Crippen molar-refractivity contribution in [1.82, 2.24) is 19.9 Å². The largest absolute Gasteiger partial charge is 0.384 e. The lowest BCUT2D eigenvalue weighted by atomic mass is 10.1. The zero-order chi connectivity index (χ0) is 23.1. The Morgan fingerprint density at radius 1 is 0.939 bits per heavy atom. The first kappa shape index (κ1) is 21.2. The molecule has 33 heavy (non-hydrogen) atoms. The Labute approximate surface area is 200 Å². The monoisotopic (exact) mass is 475 g/mol. The van der Waals surface area contributed by atoms with Crippen LogP contribution >= 0.6 is 23.2 Å². The molecule has 0 saturated carbocycles. The molecule has 164 valence electrons. The zero-order valence-corrected chi connectivity index (χ0v) is 19.1. The second-order valence-corrected chi connectivity index (χ2v) is 8.59. The average molecular weight is 476 g/mol. The maximum Gasteiger partial charge on any atom is 0.257 e. The van der Waals surface area contributed by atoms with Gasteiger partial charge in [0.15, 0.2) is 5.65 Å². The van der Waals surface area contributed by atoms with Gasteiger partial charge in [0.1, 0.15) is 16.9 Å². The average Bonchev–Trinajstić information content (AvgIpc) is 3.08. The Morgan fingerprint density at radius 3 is 2.21 bits per heavy atom. The molecule has 3 N–H and O–H groups in total. The Morgan fingerprint density at radius 2 is 1.55 bits per heavy atom. The lowest BCUT2D eigenvalue weighted by Crippen LogP contribution is -2.27. The van der Waals surface area contributed by atoms with Crippen molar-refractivity contribution in [3.8, 4) is 5.69 Å². The highest BCUT2D eigenvalue weighted by Crippen LogP contribution is 2.33. The molecule has 3 aromatic carbocycles. The molecular formula is C25H19Cl2N5O. The molecule has 6 nitrogen and oxygen atoms in total. The van der Waals surface area contributed by atoms with Crippen LogP contribution in [0, 0.1) is 0 Å². The summed E-state index contributed by atoms with van der Waals surface area (Å²) in [6.45, 7) is 1.92. The summed E-state index contributed by atoms with van der Waals surface area (Å²) < 4.78 is 1.66. The first-order valence-electron chi connectivity index (χ1n) is 10.3. The van der Waals surface area contributed by atoms with Crippen LogP contribution in [-0.2, 0) is 0 Å². The molecule has 2 aromatic heterocycles. The number of hydrogen-bond donors (Lipinski definition) is 2. The Hall–Kier alpha value is -3.61. The van der Waals surface area contributed by atoms with E-state index >= 15 is 0 Å². The number of rotatable bonds is 4. The number of nitrogen functional groups attached to an aromatic ring is 1. The molecular weight excluding hydrogens is 457 g/mol. The van der Waals surface area contributed by atoms with Gasteiger partial charge in [-0.25, -0.2) is 9.97 Å². The van der Waals surface area contributed by atoms with Crippen molar-refractivity contribution < 1.29 is 4.79 Å². The molecule has 5 rings (SSSR count). The fourth-order valence-corrected chi connectivity index (χ4v) is 4.42. The summed E-state index contributed by atoms with van der Waals surface area (Å²) >= 11 is 12.5. The molecule has 0 radical (unpaired) electrons. The first-order valence-corrected chi connectivity index (χ1v) is 11.1. The number of para-hydroxylation sites is 2. The third kappa shape index (κ3) is 3.88. The number of nitrogens with two attached hydrogens (primary N) is 1. The number of carbonyl (C=O) groups excluding carboxylic acids is 1. The van der Waals surface area contributed by atoms with Crippen LogP contribution in [0.2, 0.25) is 10.0 Å². The van der Waals surface area contributed by atoms with Gasteiger partial charge in [0.25, 0.3) is 5.91 Å². The van der Waals surface area contributed by atoms with Crippen LogP contribution in [-0.4, -0.2) is 20.4 Å². The molecule has 1 amide bonds. The van der Waals surface area contributed by atoms with Gasteiger partial charge in [-0.3, -0.25) is 9.36 Å². The van der Waals surface area contributed by atoms with Crippen LogP contribution in [0.1, 0.15) is 28.9 Å². The minimum absolute atomic E-state index is 0.205. The predicted octanol–water partition coefficient (Wildman–Crippen LogP) is 5.95. The SMILES string of the molecule is C[C@H](NC(=O)c1c(N)n(-c2cc(Cl)cc(Cl)c2)c2nc3ccccc3nc12)c1ccccc1. The van der Waals surface area contributed by atoms with Gasteiger partial charge in [0.2, 0.25) is 0 Å². The Bertz CT molecular complexity index is 1490. The molecule has 0 aliphatic carbocycles. The molecule has 0 bridgehead atoms. The minimum atomic E-state index is -0.342. The van der Waals surface area contributed by atoms with Gasteiger partial charge in [0.05, 0.1) is 22.8 Å². The standard InChI is InChI=1S/C25H19Cl2N5O/c1-14(15-7-3-2-4-8-15)29-25(33)21-22-24(31-20-10-6-5-9-19(20)30-22)32(23(21)28)18-12-16(26)11-17(27)13-18/h2-14H,28H2,1H3,(H,29,33)/t14-/m0/s1. The van der Waals surface area contributed by atoms with Gasteiger partial charge in [-0.15, -0.1) is 0 Å². The summed E-state index contributed by atoms with van der Waals surface area (Å²) in [5, 5.41) is 3.91. The van der Waals surface area contributed by atoms with Crippen molar-refractivity contribution in [2.45, 2.75) is 13.0 Å². The second kappa shape index (κ2) is 8.39. The summed E-state index contributed by atoms with van der Waals surface area (Å²) in [4.78, 5) is 23.0. The highest BCUT2D eigenvalue weighted by atomic mass is 35.5. The minimum Gasteiger partial charge on any atom is -0.384 e. The number of benzene rings is 3. The quantitative estimate of drug-likeness (QED) is 0.336. The summed E-state index contributed by atoms with van der Waals surface area (Å²) in [5.74, 6) is -0.137. The van der Waals surface area contributed by atoms with E-state index in [1.165, 1.54) is 0 Å². The van der Waals surface area contributed by atoms with Crippen LogP contribution in [0.15, 0.2) is 72.8 Å². The van der Waals surface area contributed by atoms with Crippen LogP contribution in [0.5, 0.6) is 0 Å². The van der Waals surface area contributed by atoms with Crippen molar-refractivity contribution >= 4 is 57.1 Å². The number of anilines is 1. The lowest BCUT2D eigenvalue weighted by Gasteiger charge is -2.14. The Balaban J connectivity index is 1.72. The van der Waals surface area contributed by atoms with E-state index in [0.717, 1.165) is 5.56 Å². The number of carbonyl (C=O) groups is 1. The van der Waals surface area contributed by atoms with E-state index in [9.17, 15) is 4.79 Å². The number of amides is 1. The molecule has 0 spiro atoms. The summed E-state index contributed by atoms with van der Waals surface area (Å²) in [6, 6.07) is 22.0. The van der Waals surface area contributed by atoms with Gasteiger partial charge in [-0.1, -0.05) is 65.7 Å². The van der Waals surface area contributed by atoms with E-state index in [4.69, 9.17) is 38.9 Å². The van der Waals surface area contributed by atoms with E-state index in [1.54, 1.807) is 22.8 Å². The molecule has 1 atom stereocenters. The van der Waals surface area contributed by atoms with E-state index in [0.29, 0.717) is 37.9 Å². The number of nitrogens with one attached hydrogen (secondary N) is 1. The van der Waals surface area contributed by atoms with Crippen molar-refractivity contribution in [3.05, 3.63) is 94.0 Å². The molecule has 5 aromatic rings. The first-order chi connectivity index (χ1) is 15.9. The molecule has 0 aliphatic rings. The molecule has 0 aliphatic heterocycles. The maximum atomic E-state index is 13.5. The van der Waals surface area contributed by atoms with Gasteiger partial charge >= 0.3 is 0 Å². The number of halogens is 2. The third-order valence-corrected chi connectivity index (χ3v) is 5.91. The smallest absolute Gasteiger partial charge is 0.257 e. The topological polar surface area (TPSA) is 85.8 Å². The van der Waals surface area contributed by atoms with Gasteiger partial charge in [-0.2, -0.15) is 0 Å². The van der Waals surface area contributed by atoms with Crippen LogP contribution in [0.3, 0.4) is 0 Å². The van der Waals surface area contributed by atoms with E-state index in [2.05, 4.69) is 5.32 Å². The lowest BCUT2D eigenvalue weighted by molar-refractivity contribution is 0.0942. The fourth-order valence-electron chi connectivity index (χ4n) is 3.91. The third-order valence-electron chi connectivity index (χ3n) is 5.48. The molecule has 2 heterocycles. The van der Waals surface area contributed by atoms with Crippen LogP contribution in [0.25, 0.3) is 27.9 Å². The maximum absolute atomic E-state index is 13.5. The van der Waals surface area contributed by atoms with Crippen molar-refractivity contribution in [3.63, 3.8) is 0 Å². The zero-order valence-electron chi connectivity index (χ0n) is 17.6. The molecule has 8 heteroatoms. The van der Waals surface area contributed by atoms with Gasteiger partial charge < -0.3 is 11.1 Å². The predicted molar refractivity (Wildman–Crippen MR) is 133 cm³/mol. The van der Waals surface area contributed by atoms with Gasteiger partial charge in [-0.05, 0) is 42.8 Å². The van der Waals surface area contributed by atoms with E-state index in [-0.39, 0.29) is 23.3 Å². The van der Waals surface area contributed by atoms with Crippen molar-refractivity contribution in [1.29, 1.82) is 0 Å². The number of nitrogens with zero attached hydrogens (tertiary/aromatic N) is 3. The van der Waals surface area contributed by atoms with E-state index in [1.807, 2.05) is 61.5 Å². The number of hydrogen-bond acceptors (Lipinski definition) is 4. The summed E-state index contributed by atoms with van der Waals surface area (Å²) in [7, 11) is 0. The molecule has 0 saturated heterocycles. The van der Waals surface area contributed by atoms with Gasteiger partial charge in [0, 0.05) is 10.0 Å². The van der Waals surface area contributed by atoms with Crippen LogP contribution < -0.4 is 11.1 Å². The number of fused-ring (bicyclic) bond motifs is 2. The Kier molecular flexibility index (Phi) is 5.40. The van der Waals surface area contributed by atoms with Crippen molar-refractivity contribution in [2.24, 2.45) is 0 Å². The molecule has 0 unspecified atom stereocenters. The second-order valence-electron chi connectivity index (χ2n) is 7.71. The highest BCUT2D eigenvalue weighted by Gasteiger charge is 2.26. The van der Waals surface area contributed by atoms with Crippen LogP contribution in [0.4, 0.5) is 5.82 Å². The van der Waals surface area contributed by atoms with Crippen molar-refractivity contribution in [2.75, 3.05) is 5.73 Å². The highest BCUT2D eigenvalue weighted by molar-refractivity contribution is 6.35. The summed E-state index contributed by atoms with van der Waals surface area (Å²) in [6.07, 6.45) is 0. The van der Waals surface area contributed by atoms with E-state index < -0.39 is 0 Å². The normalized spacial score (nSPS) is 12.2. The number of aromatic nitrogens is 3. The fraction of sp³-hybridized carbons (Fsp3) is 0.0800. The molecule has 0 fully saturated rings.